The number of morpholine rings is 1. The van der Waals surface area contributed by atoms with Crippen LogP contribution in [0.3, 0.4) is 0 Å². The number of pyridine rings is 2. The second-order valence-corrected chi connectivity index (χ2v) is 8.56. The van der Waals surface area contributed by atoms with Crippen molar-refractivity contribution in [2.75, 3.05) is 31.3 Å². The molecule has 0 spiro atoms. The molecule has 9 nitrogen and oxygen atoms in total. The van der Waals surface area contributed by atoms with Gasteiger partial charge in [-0.1, -0.05) is 13.8 Å². The molecule has 3 aromatic heterocycles. The van der Waals surface area contributed by atoms with Gasteiger partial charge in [0.1, 0.15) is 22.8 Å². The molecule has 3 aromatic rings. The Labute approximate surface area is 176 Å². The summed E-state index contributed by atoms with van der Waals surface area (Å²) in [5, 5.41) is 7.73. The van der Waals surface area contributed by atoms with Gasteiger partial charge < -0.3 is 23.6 Å². The number of aromatic amines is 1. The molecule has 30 heavy (non-hydrogen) atoms. The number of hydrogen-bond donors (Lipinski definition) is 2. The van der Waals surface area contributed by atoms with Crippen molar-refractivity contribution in [3.8, 4) is 17.1 Å². The summed E-state index contributed by atoms with van der Waals surface area (Å²) in [5.74, 6) is 1.55. The number of ether oxygens (including phenoxy) is 1. The standard InChI is InChI=1S/C20H26N5O4P/c1-13(2)11-28-30(26)29-17-10-18(25-8-9-27-12-14(25)3)23-19-15(17)4-6-21-20(19)16-5-7-22-24-16/h4-7,10,13-14,26H,8-9,11-12H2,1-3H3,(H,22,24)/t14-,30?/m1/s1. The van der Waals surface area contributed by atoms with Gasteiger partial charge in [-0.15, -0.1) is 0 Å². The number of anilines is 1. The first-order valence-electron chi connectivity index (χ1n) is 9.96. The molecular formula is C20H26N5O4P. The molecule has 10 heteroatoms. The number of hydrogen-bond acceptors (Lipinski definition) is 8. The van der Waals surface area contributed by atoms with Gasteiger partial charge in [0, 0.05) is 30.4 Å². The minimum Gasteiger partial charge on any atom is -0.426 e. The third-order valence-electron chi connectivity index (χ3n) is 4.79. The number of fused-ring (bicyclic) bond motifs is 1. The highest BCUT2D eigenvalue weighted by atomic mass is 31.2. The Morgan fingerprint density at radius 3 is 2.97 bits per heavy atom. The summed E-state index contributed by atoms with van der Waals surface area (Å²) < 4.78 is 16.9. The average Bonchev–Trinajstić information content (AvgIpc) is 3.27. The van der Waals surface area contributed by atoms with Gasteiger partial charge in [0.05, 0.1) is 31.6 Å². The molecule has 4 heterocycles. The van der Waals surface area contributed by atoms with Crippen LogP contribution in [0.1, 0.15) is 20.8 Å². The summed E-state index contributed by atoms with van der Waals surface area (Å²) in [6.45, 7) is 8.52. The predicted octanol–water partition coefficient (Wildman–Crippen LogP) is 3.52. The lowest BCUT2D eigenvalue weighted by molar-refractivity contribution is 0.0985. The fourth-order valence-electron chi connectivity index (χ4n) is 3.31. The van der Waals surface area contributed by atoms with Gasteiger partial charge in [-0.2, -0.15) is 5.10 Å². The Bertz CT molecular complexity index is 985. The first kappa shape index (κ1) is 20.9. The molecule has 0 aliphatic carbocycles. The van der Waals surface area contributed by atoms with Gasteiger partial charge in [0.2, 0.25) is 0 Å². The van der Waals surface area contributed by atoms with Crippen molar-refractivity contribution in [1.29, 1.82) is 0 Å². The van der Waals surface area contributed by atoms with E-state index >= 15 is 0 Å². The Morgan fingerprint density at radius 2 is 2.23 bits per heavy atom. The zero-order valence-corrected chi connectivity index (χ0v) is 18.2. The van der Waals surface area contributed by atoms with Crippen molar-refractivity contribution in [2.45, 2.75) is 26.8 Å². The second-order valence-electron chi connectivity index (χ2n) is 7.64. The first-order valence-corrected chi connectivity index (χ1v) is 11.1. The second kappa shape index (κ2) is 9.22. The molecule has 1 unspecified atom stereocenters. The molecule has 0 saturated carbocycles. The third kappa shape index (κ3) is 4.54. The maximum atomic E-state index is 10.4. The lowest BCUT2D eigenvalue weighted by atomic mass is 10.1. The SMILES string of the molecule is CC(C)COP(O)Oc1cc(N2CCOC[C@H]2C)nc2c(-c3ccn[nH]3)nccc12. The van der Waals surface area contributed by atoms with Gasteiger partial charge in [-0.05, 0) is 25.0 Å². The quantitative estimate of drug-likeness (QED) is 0.548. The molecule has 0 radical (unpaired) electrons. The van der Waals surface area contributed by atoms with Crippen molar-refractivity contribution >= 4 is 25.3 Å². The molecule has 2 atom stereocenters. The maximum absolute atomic E-state index is 10.4. The van der Waals surface area contributed by atoms with Gasteiger partial charge in [0.25, 0.3) is 0 Å². The molecule has 4 rings (SSSR count). The van der Waals surface area contributed by atoms with E-state index in [1.54, 1.807) is 12.4 Å². The summed E-state index contributed by atoms with van der Waals surface area (Å²) in [4.78, 5) is 22.0. The van der Waals surface area contributed by atoms with E-state index in [9.17, 15) is 4.89 Å². The minimum absolute atomic E-state index is 0.164. The van der Waals surface area contributed by atoms with Crippen LogP contribution in [0.15, 0.2) is 30.6 Å². The van der Waals surface area contributed by atoms with E-state index in [1.165, 1.54) is 0 Å². The van der Waals surface area contributed by atoms with Crippen molar-refractivity contribution in [2.24, 2.45) is 5.92 Å². The largest absolute Gasteiger partial charge is 0.426 e. The molecule has 0 amide bonds. The summed E-state index contributed by atoms with van der Waals surface area (Å²) in [6.07, 6.45) is 3.37. The highest BCUT2D eigenvalue weighted by Crippen LogP contribution is 2.41. The summed E-state index contributed by atoms with van der Waals surface area (Å²) in [5.41, 5.74) is 2.09. The lowest BCUT2D eigenvalue weighted by Gasteiger charge is -2.34. The molecule has 0 aromatic carbocycles. The number of aromatic nitrogens is 4. The van der Waals surface area contributed by atoms with Crippen LogP contribution in [0.25, 0.3) is 22.3 Å². The topological polar surface area (TPSA) is 106 Å². The molecule has 1 saturated heterocycles. The molecule has 2 N–H and O–H groups in total. The van der Waals surface area contributed by atoms with Crippen molar-refractivity contribution < 1.29 is 18.7 Å². The molecule has 160 valence electrons. The molecule has 0 bridgehead atoms. The lowest BCUT2D eigenvalue weighted by Crippen LogP contribution is -2.44. The minimum atomic E-state index is -2.07. The van der Waals surface area contributed by atoms with Crippen LogP contribution in [0.5, 0.6) is 5.75 Å². The summed E-state index contributed by atoms with van der Waals surface area (Å²) in [7, 11) is -2.07. The average molecular weight is 431 g/mol. The number of H-pyrrole nitrogens is 1. The first-order chi connectivity index (χ1) is 14.5. The normalized spacial score (nSPS) is 18.2. The van der Waals surface area contributed by atoms with Gasteiger partial charge >= 0.3 is 8.60 Å². The highest BCUT2D eigenvalue weighted by Gasteiger charge is 2.24. The fraction of sp³-hybridized carbons (Fsp3) is 0.450. The molecule has 1 aliphatic heterocycles. The summed E-state index contributed by atoms with van der Waals surface area (Å²) in [6, 6.07) is 5.69. The van der Waals surface area contributed by atoms with Crippen LogP contribution in [0.4, 0.5) is 5.82 Å². The number of nitrogens with one attached hydrogen (secondary N) is 1. The van der Waals surface area contributed by atoms with Gasteiger partial charge in [-0.3, -0.25) is 10.1 Å². The Kier molecular flexibility index (Phi) is 6.43. The van der Waals surface area contributed by atoms with E-state index in [1.807, 2.05) is 32.0 Å². The molecular weight excluding hydrogens is 405 g/mol. The van der Waals surface area contributed by atoms with Crippen LogP contribution in [-0.2, 0) is 9.26 Å². The maximum Gasteiger partial charge on any atom is 0.394 e. The van der Waals surface area contributed by atoms with E-state index in [2.05, 4.69) is 27.0 Å². The van der Waals surface area contributed by atoms with E-state index in [-0.39, 0.29) is 6.04 Å². The van der Waals surface area contributed by atoms with E-state index in [0.717, 1.165) is 23.4 Å². The van der Waals surface area contributed by atoms with Gasteiger partial charge in [-0.25, -0.2) is 4.98 Å². The number of rotatable bonds is 7. The van der Waals surface area contributed by atoms with Crippen LogP contribution >= 0.6 is 8.60 Å². The van der Waals surface area contributed by atoms with Crippen LogP contribution in [0, 0.1) is 5.92 Å². The van der Waals surface area contributed by atoms with Gasteiger partial charge in [0.15, 0.2) is 0 Å². The van der Waals surface area contributed by atoms with Crippen LogP contribution < -0.4 is 9.42 Å². The monoisotopic (exact) mass is 431 g/mol. The highest BCUT2D eigenvalue weighted by molar-refractivity contribution is 7.41. The fourth-order valence-corrected chi connectivity index (χ4v) is 4.10. The third-order valence-corrected chi connectivity index (χ3v) is 5.51. The Balaban J connectivity index is 1.79. The molecule has 1 fully saturated rings. The molecule has 1 aliphatic rings. The Morgan fingerprint density at radius 1 is 1.37 bits per heavy atom. The van der Waals surface area contributed by atoms with Crippen molar-refractivity contribution in [3.05, 3.63) is 30.6 Å². The van der Waals surface area contributed by atoms with Crippen LogP contribution in [0.2, 0.25) is 0 Å². The summed E-state index contributed by atoms with van der Waals surface area (Å²) >= 11 is 0. The smallest absolute Gasteiger partial charge is 0.394 e. The predicted molar refractivity (Wildman–Crippen MR) is 115 cm³/mol. The zero-order valence-electron chi connectivity index (χ0n) is 17.3. The zero-order chi connectivity index (χ0) is 21.1. The van der Waals surface area contributed by atoms with E-state index < -0.39 is 8.60 Å². The number of nitrogens with zero attached hydrogens (tertiary/aromatic N) is 4. The van der Waals surface area contributed by atoms with Crippen molar-refractivity contribution in [1.82, 2.24) is 20.2 Å². The van der Waals surface area contributed by atoms with Crippen molar-refractivity contribution in [3.63, 3.8) is 0 Å². The van der Waals surface area contributed by atoms with E-state index in [0.29, 0.717) is 42.7 Å². The van der Waals surface area contributed by atoms with Crippen LogP contribution in [-0.4, -0.2) is 57.5 Å². The van der Waals surface area contributed by atoms with E-state index in [4.69, 9.17) is 18.8 Å². The Hall–Kier alpha value is -2.32.